The van der Waals surface area contributed by atoms with Gasteiger partial charge in [-0.2, -0.15) is 5.10 Å². The Bertz CT molecular complexity index is 784. The van der Waals surface area contributed by atoms with Crippen molar-refractivity contribution in [2.45, 2.75) is 12.8 Å². The van der Waals surface area contributed by atoms with Crippen molar-refractivity contribution in [2.24, 2.45) is 5.10 Å². The second-order valence-electron chi connectivity index (χ2n) is 5.79. The predicted octanol–water partition coefficient (Wildman–Crippen LogP) is 2.50. The number of carbonyl (C=O) groups is 1. The SMILES string of the molecule is COc1ccc(CCNCCC(=O)N/N=C/c2ccccc2O)cc1OC.Cl. The summed E-state index contributed by atoms with van der Waals surface area (Å²) in [5, 5.41) is 16.7. The van der Waals surface area contributed by atoms with Crippen LogP contribution in [0.1, 0.15) is 17.5 Å². The number of phenolic OH excluding ortho intramolecular Hbond substituents is 1. The predicted molar refractivity (Wildman–Crippen MR) is 112 cm³/mol. The van der Waals surface area contributed by atoms with Crippen LogP contribution in [0.15, 0.2) is 47.6 Å². The summed E-state index contributed by atoms with van der Waals surface area (Å²) in [6.45, 7) is 1.29. The van der Waals surface area contributed by atoms with Crippen LogP contribution in [-0.4, -0.2) is 44.5 Å². The molecule has 0 aliphatic carbocycles. The topological polar surface area (TPSA) is 92.2 Å². The summed E-state index contributed by atoms with van der Waals surface area (Å²) in [5.41, 5.74) is 4.11. The Balaban J connectivity index is 0.00000392. The molecule has 0 saturated carbocycles. The van der Waals surface area contributed by atoms with Gasteiger partial charge >= 0.3 is 0 Å². The highest BCUT2D eigenvalue weighted by Gasteiger charge is 2.04. The van der Waals surface area contributed by atoms with Gasteiger partial charge in [0.15, 0.2) is 11.5 Å². The fourth-order valence-corrected chi connectivity index (χ4v) is 2.42. The van der Waals surface area contributed by atoms with Crippen molar-refractivity contribution in [1.82, 2.24) is 10.7 Å². The molecule has 0 heterocycles. The summed E-state index contributed by atoms with van der Waals surface area (Å²) in [4.78, 5) is 11.7. The lowest BCUT2D eigenvalue weighted by Gasteiger charge is -2.10. The maximum atomic E-state index is 11.7. The highest BCUT2D eigenvalue weighted by atomic mass is 35.5. The zero-order valence-corrected chi connectivity index (χ0v) is 16.8. The second-order valence-corrected chi connectivity index (χ2v) is 5.79. The number of halogens is 1. The first kappa shape index (κ1) is 23.3. The normalized spacial score (nSPS) is 10.4. The molecule has 0 radical (unpaired) electrons. The molecule has 8 heteroatoms. The van der Waals surface area contributed by atoms with Gasteiger partial charge in [0.1, 0.15) is 5.75 Å². The maximum Gasteiger partial charge on any atom is 0.241 e. The van der Waals surface area contributed by atoms with E-state index in [2.05, 4.69) is 15.8 Å². The minimum absolute atomic E-state index is 0. The molecule has 0 saturated heterocycles. The summed E-state index contributed by atoms with van der Waals surface area (Å²) in [7, 11) is 3.22. The summed E-state index contributed by atoms with van der Waals surface area (Å²) in [6, 6.07) is 12.6. The van der Waals surface area contributed by atoms with E-state index in [9.17, 15) is 9.90 Å². The number of para-hydroxylation sites is 1. The van der Waals surface area contributed by atoms with Gasteiger partial charge in [-0.1, -0.05) is 18.2 Å². The van der Waals surface area contributed by atoms with Crippen molar-refractivity contribution in [3.63, 3.8) is 0 Å². The van der Waals surface area contributed by atoms with E-state index in [-0.39, 0.29) is 24.1 Å². The number of carbonyl (C=O) groups excluding carboxylic acids is 1. The molecule has 0 bridgehead atoms. The first-order valence-corrected chi connectivity index (χ1v) is 8.65. The van der Waals surface area contributed by atoms with Gasteiger partial charge in [-0.05, 0) is 42.8 Å². The van der Waals surface area contributed by atoms with E-state index in [1.807, 2.05) is 18.2 Å². The van der Waals surface area contributed by atoms with Crippen LogP contribution in [0.2, 0.25) is 0 Å². The average molecular weight is 408 g/mol. The van der Waals surface area contributed by atoms with Crippen molar-refractivity contribution in [2.75, 3.05) is 27.3 Å². The van der Waals surface area contributed by atoms with Gasteiger partial charge in [0.05, 0.1) is 20.4 Å². The van der Waals surface area contributed by atoms with Crippen molar-refractivity contribution in [3.05, 3.63) is 53.6 Å². The molecule has 2 aromatic rings. The van der Waals surface area contributed by atoms with E-state index < -0.39 is 0 Å². The Morgan fingerprint density at radius 3 is 2.57 bits per heavy atom. The molecule has 7 nitrogen and oxygen atoms in total. The first-order chi connectivity index (χ1) is 13.1. The molecule has 0 unspecified atom stereocenters. The Morgan fingerprint density at radius 1 is 1.11 bits per heavy atom. The standard InChI is InChI=1S/C20H25N3O4.ClH/c1-26-18-8-7-15(13-19(18)27-2)9-11-21-12-10-20(25)23-22-14-16-5-3-4-6-17(16)24;/h3-8,13-14,21,24H,9-12H2,1-2H3,(H,23,25);1H/b22-14+;. The van der Waals surface area contributed by atoms with Crippen LogP contribution in [0.25, 0.3) is 0 Å². The quantitative estimate of drug-likeness (QED) is 0.320. The zero-order valence-electron chi connectivity index (χ0n) is 16.0. The third-order valence-electron chi connectivity index (χ3n) is 3.90. The summed E-state index contributed by atoms with van der Waals surface area (Å²) >= 11 is 0. The molecule has 2 aromatic carbocycles. The third-order valence-corrected chi connectivity index (χ3v) is 3.90. The number of hydrogen-bond donors (Lipinski definition) is 3. The Hall–Kier alpha value is -2.77. The van der Waals surface area contributed by atoms with Gasteiger partial charge in [-0.3, -0.25) is 4.79 Å². The van der Waals surface area contributed by atoms with Gasteiger partial charge in [-0.25, -0.2) is 5.43 Å². The Morgan fingerprint density at radius 2 is 1.86 bits per heavy atom. The summed E-state index contributed by atoms with van der Waals surface area (Å²) in [5.74, 6) is 1.33. The van der Waals surface area contributed by atoms with Crippen LogP contribution in [-0.2, 0) is 11.2 Å². The molecular weight excluding hydrogens is 382 g/mol. The number of benzene rings is 2. The van der Waals surface area contributed by atoms with Gasteiger partial charge < -0.3 is 19.9 Å². The Labute approximate surface area is 171 Å². The summed E-state index contributed by atoms with van der Waals surface area (Å²) in [6.07, 6.45) is 2.54. The number of nitrogens with zero attached hydrogens (tertiary/aromatic N) is 1. The van der Waals surface area contributed by atoms with Crippen LogP contribution in [0.5, 0.6) is 17.2 Å². The van der Waals surface area contributed by atoms with Crippen LogP contribution < -0.4 is 20.2 Å². The smallest absolute Gasteiger partial charge is 0.241 e. The van der Waals surface area contributed by atoms with Crippen molar-refractivity contribution >= 4 is 24.5 Å². The number of ether oxygens (including phenoxy) is 2. The second kappa shape index (κ2) is 12.6. The van der Waals surface area contributed by atoms with Crippen LogP contribution >= 0.6 is 12.4 Å². The molecule has 0 fully saturated rings. The molecule has 1 amide bonds. The molecule has 152 valence electrons. The van der Waals surface area contributed by atoms with Gasteiger partial charge in [-0.15, -0.1) is 12.4 Å². The number of phenols is 1. The summed E-state index contributed by atoms with van der Waals surface area (Å²) < 4.78 is 10.5. The van der Waals surface area contributed by atoms with E-state index in [0.29, 0.717) is 30.0 Å². The first-order valence-electron chi connectivity index (χ1n) is 8.65. The molecule has 0 aliphatic rings. The molecule has 2 rings (SSSR count). The van der Waals surface area contributed by atoms with E-state index in [0.717, 1.165) is 18.5 Å². The highest BCUT2D eigenvalue weighted by molar-refractivity contribution is 5.85. The van der Waals surface area contributed by atoms with Gasteiger partial charge in [0.2, 0.25) is 5.91 Å². The maximum absolute atomic E-state index is 11.7. The highest BCUT2D eigenvalue weighted by Crippen LogP contribution is 2.27. The number of methoxy groups -OCH3 is 2. The van der Waals surface area contributed by atoms with E-state index in [1.54, 1.807) is 38.5 Å². The molecule has 0 aromatic heterocycles. The fourth-order valence-electron chi connectivity index (χ4n) is 2.42. The van der Waals surface area contributed by atoms with Crippen LogP contribution in [0, 0.1) is 0 Å². The largest absolute Gasteiger partial charge is 0.507 e. The average Bonchev–Trinajstić information content (AvgIpc) is 2.69. The van der Waals surface area contributed by atoms with E-state index >= 15 is 0 Å². The molecule has 0 atom stereocenters. The van der Waals surface area contributed by atoms with Gasteiger partial charge in [0.25, 0.3) is 0 Å². The van der Waals surface area contributed by atoms with Crippen LogP contribution in [0.4, 0.5) is 0 Å². The Kier molecular flexibility index (Phi) is 10.5. The lowest BCUT2D eigenvalue weighted by atomic mass is 10.1. The van der Waals surface area contributed by atoms with Gasteiger partial charge in [0, 0.05) is 18.5 Å². The third kappa shape index (κ3) is 7.46. The lowest BCUT2D eigenvalue weighted by Crippen LogP contribution is -2.25. The number of rotatable bonds is 10. The number of hydrogen-bond acceptors (Lipinski definition) is 6. The minimum Gasteiger partial charge on any atom is -0.507 e. The number of hydrazone groups is 1. The monoisotopic (exact) mass is 407 g/mol. The van der Waals surface area contributed by atoms with Crippen molar-refractivity contribution in [1.29, 1.82) is 0 Å². The van der Waals surface area contributed by atoms with E-state index in [1.165, 1.54) is 6.21 Å². The number of amides is 1. The molecular formula is C20H26ClN3O4. The fraction of sp³-hybridized carbons (Fsp3) is 0.300. The van der Waals surface area contributed by atoms with E-state index in [4.69, 9.17) is 9.47 Å². The molecule has 0 aliphatic heterocycles. The molecule has 28 heavy (non-hydrogen) atoms. The molecule has 0 spiro atoms. The number of nitrogens with one attached hydrogen (secondary N) is 2. The minimum atomic E-state index is -0.194. The van der Waals surface area contributed by atoms with Crippen molar-refractivity contribution < 1.29 is 19.4 Å². The van der Waals surface area contributed by atoms with Crippen LogP contribution in [0.3, 0.4) is 0 Å². The number of aromatic hydroxyl groups is 1. The lowest BCUT2D eigenvalue weighted by molar-refractivity contribution is -0.120. The molecule has 3 N–H and O–H groups in total. The van der Waals surface area contributed by atoms with Crippen molar-refractivity contribution in [3.8, 4) is 17.2 Å². The zero-order chi connectivity index (χ0) is 19.5.